The molecule has 0 saturated carbocycles. The number of hydrogen-bond acceptors (Lipinski definition) is 9. The van der Waals surface area contributed by atoms with Crippen LogP contribution in [-0.4, -0.2) is 53.5 Å². The second kappa shape index (κ2) is 16.5. The fraction of sp³-hybridized carbons (Fsp3) is 0.485. The van der Waals surface area contributed by atoms with Crippen LogP contribution in [0.4, 0.5) is 37.1 Å². The van der Waals surface area contributed by atoms with Gasteiger partial charge in [0.05, 0.1) is 5.69 Å². The van der Waals surface area contributed by atoms with Crippen LogP contribution >= 0.6 is 0 Å². The van der Waals surface area contributed by atoms with E-state index in [2.05, 4.69) is 31.6 Å². The van der Waals surface area contributed by atoms with Crippen molar-refractivity contribution in [3.8, 4) is 0 Å². The van der Waals surface area contributed by atoms with Crippen LogP contribution in [0.5, 0.6) is 0 Å². The van der Waals surface area contributed by atoms with E-state index in [-0.39, 0.29) is 11.9 Å². The number of carbonyl (C=O) groups excluding carboxylic acids is 4. The van der Waals surface area contributed by atoms with Crippen molar-refractivity contribution in [1.29, 1.82) is 0 Å². The highest BCUT2D eigenvalue weighted by Gasteiger charge is 2.21. The Hall–Kier alpha value is -4.81. The molecule has 0 aliphatic carbocycles. The highest BCUT2D eigenvalue weighted by atomic mass is 16.6. The standard InChI is InChI=1S/C33H48N6O7/c1-31(2,3)44-28(41)34-21-11-10-12-26(40)36-24-17-13-22(14-18-24)35-23-15-19-25(20-16-23)37-27(38-29(42)45-32(4,5)6)39-30(43)46-33(7,8)9/h13-20,35H,10-12,21H2,1-9H3,(H,34,41)(H,36,40)(H2,37,38,39,42,43). The molecule has 0 aromatic heterocycles. The van der Waals surface area contributed by atoms with Crippen LogP contribution in [0, 0.1) is 0 Å². The van der Waals surface area contributed by atoms with Crippen LogP contribution in [0.1, 0.15) is 81.6 Å². The lowest BCUT2D eigenvalue weighted by atomic mass is 10.2. The molecule has 0 saturated heterocycles. The summed E-state index contributed by atoms with van der Waals surface area (Å²) in [4.78, 5) is 53.0. The number of nitrogens with zero attached hydrogens (tertiary/aromatic N) is 1. The molecule has 13 nitrogen and oxygen atoms in total. The number of amides is 4. The second-order valence-corrected chi connectivity index (χ2v) is 13.4. The molecule has 0 atom stereocenters. The lowest BCUT2D eigenvalue weighted by molar-refractivity contribution is -0.116. The molecule has 0 heterocycles. The van der Waals surface area contributed by atoms with E-state index in [1.54, 1.807) is 98.7 Å². The highest BCUT2D eigenvalue weighted by Crippen LogP contribution is 2.22. The molecule has 0 fully saturated rings. The fourth-order valence-electron chi connectivity index (χ4n) is 3.58. The third kappa shape index (κ3) is 16.9. The third-order valence-electron chi connectivity index (χ3n) is 5.30. The van der Waals surface area contributed by atoms with Crippen molar-refractivity contribution >= 4 is 52.9 Å². The molecule has 2 aromatic carbocycles. The monoisotopic (exact) mass is 640 g/mol. The number of benzene rings is 2. The molecule has 0 unspecified atom stereocenters. The van der Waals surface area contributed by atoms with Gasteiger partial charge in [0.2, 0.25) is 11.9 Å². The van der Waals surface area contributed by atoms with Crippen molar-refractivity contribution in [2.24, 2.45) is 4.99 Å². The zero-order chi connectivity index (χ0) is 34.5. The van der Waals surface area contributed by atoms with Crippen molar-refractivity contribution < 1.29 is 33.4 Å². The van der Waals surface area contributed by atoms with E-state index < -0.39 is 35.1 Å². The van der Waals surface area contributed by atoms with Crippen molar-refractivity contribution in [2.75, 3.05) is 17.2 Å². The predicted molar refractivity (Wildman–Crippen MR) is 179 cm³/mol. The molecular weight excluding hydrogens is 592 g/mol. The number of aliphatic imine (C=N–C) groups is 1. The van der Waals surface area contributed by atoms with Gasteiger partial charge in [-0.2, -0.15) is 0 Å². The smallest absolute Gasteiger partial charge is 0.414 e. The molecule has 5 N–H and O–H groups in total. The number of unbranched alkanes of at least 4 members (excludes halogenated alkanes) is 1. The largest absolute Gasteiger partial charge is 0.444 e. The Morgan fingerprint density at radius 3 is 1.52 bits per heavy atom. The SMILES string of the molecule is CC(C)(C)OC(=O)NCCCCC(=O)Nc1ccc(Nc2ccc(N=C(NC(=O)OC(C)(C)C)NC(=O)OC(C)(C)C)cc2)cc1. The first-order chi connectivity index (χ1) is 21.3. The van der Waals surface area contributed by atoms with Crippen LogP contribution in [0.15, 0.2) is 53.5 Å². The maximum atomic E-state index is 12.3. The molecule has 0 bridgehead atoms. The first-order valence-corrected chi connectivity index (χ1v) is 15.1. The molecule has 0 aliphatic rings. The summed E-state index contributed by atoms with van der Waals surface area (Å²) in [5.74, 6) is -0.268. The summed E-state index contributed by atoms with van der Waals surface area (Å²) >= 11 is 0. The van der Waals surface area contributed by atoms with Crippen LogP contribution in [0.3, 0.4) is 0 Å². The molecule has 0 aliphatic heterocycles. The van der Waals surface area contributed by atoms with Gasteiger partial charge in [0.1, 0.15) is 16.8 Å². The van der Waals surface area contributed by atoms with E-state index in [0.717, 1.165) is 11.4 Å². The summed E-state index contributed by atoms with van der Waals surface area (Å²) in [6, 6.07) is 14.2. The van der Waals surface area contributed by atoms with Crippen molar-refractivity contribution in [3.05, 3.63) is 48.5 Å². The summed E-state index contributed by atoms with van der Waals surface area (Å²) in [5, 5.41) is 13.7. The Labute approximate surface area is 271 Å². The minimum Gasteiger partial charge on any atom is -0.444 e. The summed E-state index contributed by atoms with van der Waals surface area (Å²) in [6.07, 6.45) is -0.434. The van der Waals surface area contributed by atoms with Gasteiger partial charge in [-0.25, -0.2) is 19.4 Å². The minimum atomic E-state index is -0.784. The van der Waals surface area contributed by atoms with Gasteiger partial charge in [-0.3, -0.25) is 15.4 Å². The summed E-state index contributed by atoms with van der Waals surface area (Å²) in [5.41, 5.74) is 0.620. The summed E-state index contributed by atoms with van der Waals surface area (Å²) in [7, 11) is 0. The Balaban J connectivity index is 1.92. The topological polar surface area (TPSA) is 168 Å². The Kier molecular flexibility index (Phi) is 13.4. The van der Waals surface area contributed by atoms with Crippen LogP contribution < -0.4 is 26.6 Å². The van der Waals surface area contributed by atoms with Gasteiger partial charge < -0.3 is 30.2 Å². The number of ether oxygens (including phenoxy) is 3. The molecule has 0 radical (unpaired) electrons. The number of hydrogen-bond donors (Lipinski definition) is 5. The minimum absolute atomic E-state index is 0.115. The number of rotatable bonds is 9. The Morgan fingerprint density at radius 2 is 1.04 bits per heavy atom. The van der Waals surface area contributed by atoms with Gasteiger partial charge >= 0.3 is 18.3 Å². The zero-order valence-electron chi connectivity index (χ0n) is 28.3. The van der Waals surface area contributed by atoms with Gasteiger partial charge in [-0.05, 0) is 124 Å². The molecule has 2 aromatic rings. The number of guanidine groups is 1. The molecule has 46 heavy (non-hydrogen) atoms. The van der Waals surface area contributed by atoms with Gasteiger partial charge in [-0.1, -0.05) is 0 Å². The molecule has 13 heteroatoms. The average Bonchev–Trinajstić information content (AvgIpc) is 2.87. The Bertz CT molecular complexity index is 1320. The lowest BCUT2D eigenvalue weighted by Gasteiger charge is -2.22. The maximum absolute atomic E-state index is 12.3. The average molecular weight is 641 g/mol. The molecule has 4 amide bonds. The van der Waals surface area contributed by atoms with Crippen molar-refractivity contribution in [2.45, 2.75) is 98.4 Å². The predicted octanol–water partition coefficient (Wildman–Crippen LogP) is 7.10. The first kappa shape index (κ1) is 37.4. The normalized spacial score (nSPS) is 11.4. The van der Waals surface area contributed by atoms with Crippen LogP contribution in [0.25, 0.3) is 0 Å². The number of nitrogens with one attached hydrogen (secondary N) is 5. The van der Waals surface area contributed by atoms with Crippen molar-refractivity contribution in [1.82, 2.24) is 16.0 Å². The lowest BCUT2D eigenvalue weighted by Crippen LogP contribution is -2.47. The van der Waals surface area contributed by atoms with E-state index in [4.69, 9.17) is 14.2 Å². The van der Waals surface area contributed by atoms with E-state index in [9.17, 15) is 19.2 Å². The van der Waals surface area contributed by atoms with Crippen LogP contribution in [-0.2, 0) is 19.0 Å². The zero-order valence-corrected chi connectivity index (χ0v) is 28.3. The van der Waals surface area contributed by atoms with Gasteiger partial charge in [0, 0.05) is 30.0 Å². The molecule has 0 spiro atoms. The summed E-state index contributed by atoms with van der Waals surface area (Å²) < 4.78 is 15.7. The maximum Gasteiger partial charge on any atom is 0.414 e. The first-order valence-electron chi connectivity index (χ1n) is 15.1. The quantitative estimate of drug-likeness (QED) is 0.0837. The highest BCUT2D eigenvalue weighted by molar-refractivity contribution is 6.02. The third-order valence-corrected chi connectivity index (χ3v) is 5.30. The van der Waals surface area contributed by atoms with E-state index in [1.165, 1.54) is 0 Å². The van der Waals surface area contributed by atoms with E-state index in [0.29, 0.717) is 37.2 Å². The van der Waals surface area contributed by atoms with Gasteiger partial charge in [0.15, 0.2) is 0 Å². The Morgan fingerprint density at radius 1 is 0.609 bits per heavy atom. The van der Waals surface area contributed by atoms with Gasteiger partial charge in [-0.15, -0.1) is 0 Å². The van der Waals surface area contributed by atoms with E-state index >= 15 is 0 Å². The number of anilines is 3. The van der Waals surface area contributed by atoms with Gasteiger partial charge in [0.25, 0.3) is 0 Å². The van der Waals surface area contributed by atoms with Crippen molar-refractivity contribution in [3.63, 3.8) is 0 Å². The molecule has 252 valence electrons. The summed E-state index contributed by atoms with van der Waals surface area (Å²) in [6.45, 7) is 16.2. The molecular formula is C33H48N6O7. The fourth-order valence-corrected chi connectivity index (χ4v) is 3.58. The molecule has 2 rings (SSSR count). The second-order valence-electron chi connectivity index (χ2n) is 13.4. The number of alkyl carbamates (subject to hydrolysis) is 3. The van der Waals surface area contributed by atoms with Crippen LogP contribution in [0.2, 0.25) is 0 Å². The number of carbonyl (C=O) groups is 4. The van der Waals surface area contributed by atoms with E-state index in [1.807, 2.05) is 12.1 Å².